The lowest BCUT2D eigenvalue weighted by atomic mass is 9.98. The van der Waals surface area contributed by atoms with Crippen LogP contribution in [-0.2, 0) is 16.1 Å². The zero-order valence-corrected chi connectivity index (χ0v) is 11.0. The van der Waals surface area contributed by atoms with E-state index in [0.29, 0.717) is 6.61 Å². The van der Waals surface area contributed by atoms with Gasteiger partial charge >= 0.3 is 5.97 Å². The van der Waals surface area contributed by atoms with Gasteiger partial charge in [0.1, 0.15) is 6.61 Å². The van der Waals surface area contributed by atoms with Crippen molar-refractivity contribution >= 4 is 5.97 Å². The lowest BCUT2D eigenvalue weighted by Crippen LogP contribution is -2.39. The summed E-state index contributed by atoms with van der Waals surface area (Å²) in [7, 11) is 0. The number of likely N-dealkylation sites (tertiary alicyclic amines) is 1. The van der Waals surface area contributed by atoms with Crippen molar-refractivity contribution < 1.29 is 9.53 Å². The SMILES string of the molecule is CCN1CCCC(C(=O)OCc2ccccc2)C1. The van der Waals surface area contributed by atoms with Crippen molar-refractivity contribution in [2.75, 3.05) is 19.6 Å². The zero-order valence-electron chi connectivity index (χ0n) is 11.0. The van der Waals surface area contributed by atoms with Gasteiger partial charge in [0, 0.05) is 6.54 Å². The molecule has 1 fully saturated rings. The summed E-state index contributed by atoms with van der Waals surface area (Å²) in [4.78, 5) is 14.3. The Bertz CT molecular complexity index is 377. The molecule has 0 bridgehead atoms. The molecule has 1 saturated heterocycles. The molecule has 1 aliphatic heterocycles. The Labute approximate surface area is 109 Å². The summed E-state index contributed by atoms with van der Waals surface area (Å²) in [6, 6.07) is 9.84. The molecule has 3 heteroatoms. The van der Waals surface area contributed by atoms with Crippen LogP contribution in [0.15, 0.2) is 30.3 Å². The normalized spacial score (nSPS) is 20.6. The Morgan fingerprint density at radius 3 is 2.89 bits per heavy atom. The van der Waals surface area contributed by atoms with Crippen LogP contribution in [0.1, 0.15) is 25.3 Å². The van der Waals surface area contributed by atoms with Crippen molar-refractivity contribution in [1.29, 1.82) is 0 Å². The summed E-state index contributed by atoms with van der Waals surface area (Å²) in [5.41, 5.74) is 1.05. The monoisotopic (exact) mass is 247 g/mol. The van der Waals surface area contributed by atoms with Crippen LogP contribution in [0.25, 0.3) is 0 Å². The Morgan fingerprint density at radius 1 is 1.39 bits per heavy atom. The van der Waals surface area contributed by atoms with E-state index in [-0.39, 0.29) is 11.9 Å². The van der Waals surface area contributed by atoms with E-state index in [0.717, 1.165) is 38.0 Å². The third-order valence-electron chi connectivity index (χ3n) is 3.51. The molecule has 0 N–H and O–H groups in total. The average Bonchev–Trinajstić information content (AvgIpc) is 2.46. The van der Waals surface area contributed by atoms with Gasteiger partial charge in [-0.25, -0.2) is 0 Å². The highest BCUT2D eigenvalue weighted by atomic mass is 16.5. The summed E-state index contributed by atoms with van der Waals surface area (Å²) in [5.74, 6) is 0.0133. The molecule has 18 heavy (non-hydrogen) atoms. The van der Waals surface area contributed by atoms with Crippen molar-refractivity contribution in [1.82, 2.24) is 4.90 Å². The maximum Gasteiger partial charge on any atom is 0.310 e. The first-order valence-electron chi connectivity index (χ1n) is 6.72. The second-order valence-corrected chi connectivity index (χ2v) is 4.83. The molecule has 0 aromatic heterocycles. The number of hydrogen-bond acceptors (Lipinski definition) is 3. The molecule has 1 aromatic rings. The van der Waals surface area contributed by atoms with Crippen molar-refractivity contribution in [3.63, 3.8) is 0 Å². The van der Waals surface area contributed by atoms with E-state index in [2.05, 4.69) is 11.8 Å². The van der Waals surface area contributed by atoms with E-state index in [1.807, 2.05) is 30.3 Å². The van der Waals surface area contributed by atoms with Crippen molar-refractivity contribution in [2.24, 2.45) is 5.92 Å². The van der Waals surface area contributed by atoms with E-state index in [9.17, 15) is 4.79 Å². The van der Waals surface area contributed by atoms with Gasteiger partial charge < -0.3 is 9.64 Å². The van der Waals surface area contributed by atoms with E-state index in [1.165, 1.54) is 0 Å². The number of ether oxygens (including phenoxy) is 1. The molecule has 0 amide bonds. The second kappa shape index (κ2) is 6.55. The van der Waals surface area contributed by atoms with Gasteiger partial charge in [0.2, 0.25) is 0 Å². The molecule has 2 rings (SSSR count). The number of nitrogens with zero attached hydrogens (tertiary/aromatic N) is 1. The summed E-state index contributed by atoms with van der Waals surface area (Å²) in [6.07, 6.45) is 2.06. The molecule has 0 radical (unpaired) electrons. The van der Waals surface area contributed by atoms with Crippen molar-refractivity contribution in [3.05, 3.63) is 35.9 Å². The van der Waals surface area contributed by atoms with Gasteiger partial charge in [0.25, 0.3) is 0 Å². The number of benzene rings is 1. The van der Waals surface area contributed by atoms with Crippen molar-refractivity contribution in [3.8, 4) is 0 Å². The van der Waals surface area contributed by atoms with Crippen LogP contribution in [0.3, 0.4) is 0 Å². The Balaban J connectivity index is 1.81. The Hall–Kier alpha value is -1.35. The topological polar surface area (TPSA) is 29.5 Å². The Morgan fingerprint density at radius 2 is 2.17 bits per heavy atom. The molecular weight excluding hydrogens is 226 g/mol. The summed E-state index contributed by atoms with van der Waals surface area (Å²) in [5, 5.41) is 0. The van der Waals surface area contributed by atoms with Crippen LogP contribution in [0.4, 0.5) is 0 Å². The molecule has 0 saturated carbocycles. The first-order valence-corrected chi connectivity index (χ1v) is 6.72. The standard InChI is InChI=1S/C15H21NO2/c1-2-16-10-6-9-14(11-16)15(17)18-12-13-7-4-3-5-8-13/h3-5,7-8,14H,2,6,9-12H2,1H3. The number of esters is 1. The number of carbonyl (C=O) groups is 1. The maximum absolute atomic E-state index is 12.0. The molecular formula is C15H21NO2. The number of piperidine rings is 1. The Kier molecular flexibility index (Phi) is 4.76. The van der Waals surface area contributed by atoms with Crippen LogP contribution in [0.5, 0.6) is 0 Å². The highest BCUT2D eigenvalue weighted by Gasteiger charge is 2.26. The lowest BCUT2D eigenvalue weighted by Gasteiger charge is -2.30. The predicted molar refractivity (Wildman–Crippen MR) is 71.1 cm³/mol. The van der Waals surface area contributed by atoms with Gasteiger partial charge in [0.15, 0.2) is 0 Å². The summed E-state index contributed by atoms with van der Waals surface area (Å²) < 4.78 is 5.39. The largest absolute Gasteiger partial charge is 0.461 e. The summed E-state index contributed by atoms with van der Waals surface area (Å²) in [6.45, 7) is 5.51. The number of carbonyl (C=O) groups excluding carboxylic acids is 1. The fraction of sp³-hybridized carbons (Fsp3) is 0.533. The fourth-order valence-electron chi connectivity index (χ4n) is 2.38. The molecule has 1 aliphatic rings. The first kappa shape index (κ1) is 13.1. The third kappa shape index (κ3) is 3.57. The minimum absolute atomic E-state index is 0.0444. The minimum atomic E-state index is -0.0444. The molecule has 0 aliphatic carbocycles. The van der Waals surface area contributed by atoms with Gasteiger partial charge in [-0.2, -0.15) is 0 Å². The van der Waals surface area contributed by atoms with Crippen LogP contribution >= 0.6 is 0 Å². The lowest BCUT2D eigenvalue weighted by molar-refractivity contribution is -0.151. The molecule has 1 aromatic carbocycles. The molecule has 3 nitrogen and oxygen atoms in total. The van der Waals surface area contributed by atoms with Crippen LogP contribution in [-0.4, -0.2) is 30.5 Å². The highest BCUT2D eigenvalue weighted by molar-refractivity contribution is 5.72. The van der Waals surface area contributed by atoms with Crippen LogP contribution in [0.2, 0.25) is 0 Å². The van der Waals surface area contributed by atoms with E-state index < -0.39 is 0 Å². The maximum atomic E-state index is 12.0. The molecule has 0 spiro atoms. The van der Waals surface area contributed by atoms with Gasteiger partial charge in [-0.3, -0.25) is 4.79 Å². The smallest absolute Gasteiger partial charge is 0.310 e. The van der Waals surface area contributed by atoms with Crippen LogP contribution in [0, 0.1) is 5.92 Å². The minimum Gasteiger partial charge on any atom is -0.461 e. The zero-order chi connectivity index (χ0) is 12.8. The summed E-state index contributed by atoms with van der Waals surface area (Å²) >= 11 is 0. The van der Waals surface area contributed by atoms with Gasteiger partial charge in [-0.1, -0.05) is 37.3 Å². The molecule has 98 valence electrons. The van der Waals surface area contributed by atoms with E-state index in [1.54, 1.807) is 0 Å². The highest BCUT2D eigenvalue weighted by Crippen LogP contribution is 2.18. The van der Waals surface area contributed by atoms with Gasteiger partial charge in [-0.05, 0) is 31.5 Å². The van der Waals surface area contributed by atoms with Gasteiger partial charge in [-0.15, -0.1) is 0 Å². The van der Waals surface area contributed by atoms with E-state index >= 15 is 0 Å². The number of rotatable bonds is 4. The second-order valence-electron chi connectivity index (χ2n) is 4.83. The van der Waals surface area contributed by atoms with Crippen molar-refractivity contribution in [2.45, 2.75) is 26.4 Å². The van der Waals surface area contributed by atoms with Gasteiger partial charge in [0.05, 0.1) is 5.92 Å². The molecule has 1 heterocycles. The average molecular weight is 247 g/mol. The number of hydrogen-bond donors (Lipinski definition) is 0. The first-order chi connectivity index (χ1) is 8.79. The molecule has 1 atom stereocenters. The third-order valence-corrected chi connectivity index (χ3v) is 3.51. The van der Waals surface area contributed by atoms with Crippen LogP contribution < -0.4 is 0 Å². The predicted octanol–water partition coefficient (Wildman–Crippen LogP) is 2.46. The fourth-order valence-corrected chi connectivity index (χ4v) is 2.38. The quantitative estimate of drug-likeness (QED) is 0.765. The molecule has 1 unspecified atom stereocenters. The van der Waals surface area contributed by atoms with E-state index in [4.69, 9.17) is 4.74 Å².